The maximum Gasteiger partial charge on any atom is 0.145 e. The molecule has 102 valence electrons. The van der Waals surface area contributed by atoms with Gasteiger partial charge in [0.25, 0.3) is 0 Å². The molecule has 19 heavy (non-hydrogen) atoms. The van der Waals surface area contributed by atoms with Gasteiger partial charge in [-0.05, 0) is 24.6 Å². The Kier molecular flexibility index (Phi) is 4.56. The van der Waals surface area contributed by atoms with Crippen molar-refractivity contribution in [2.75, 3.05) is 6.54 Å². The van der Waals surface area contributed by atoms with Gasteiger partial charge in [0, 0.05) is 13.2 Å². The van der Waals surface area contributed by atoms with Crippen LogP contribution in [0.3, 0.4) is 0 Å². The summed E-state index contributed by atoms with van der Waals surface area (Å²) >= 11 is 5.81. The molecule has 1 aromatic heterocycles. The molecule has 0 fully saturated rings. The lowest BCUT2D eigenvalue weighted by Crippen LogP contribution is -2.23. The highest BCUT2D eigenvalue weighted by molar-refractivity contribution is 6.30. The van der Waals surface area contributed by atoms with E-state index in [2.05, 4.69) is 10.3 Å². The summed E-state index contributed by atoms with van der Waals surface area (Å²) in [5.74, 6) is -0.344. The van der Waals surface area contributed by atoms with Crippen LogP contribution in [0.5, 0.6) is 0 Å². The fourth-order valence-electron chi connectivity index (χ4n) is 2.07. The molecule has 1 N–H and O–H groups in total. The molecule has 1 atom stereocenters. The molecule has 0 spiro atoms. The average Bonchev–Trinajstić information content (AvgIpc) is 2.81. The monoisotopic (exact) mass is 281 g/mol. The standard InChI is InChI=1S/C14H17ClFN3/c1-3-17-12(13-8-19(2)9-18-13)7-10-5-4-6-11(15)14(10)16/h4-6,8-9,12,17H,3,7H2,1-2H3. The number of nitrogens with one attached hydrogen (secondary N) is 1. The maximum absolute atomic E-state index is 13.9. The van der Waals surface area contributed by atoms with Crippen LogP contribution in [-0.2, 0) is 13.5 Å². The molecule has 3 nitrogen and oxygen atoms in total. The molecule has 1 aromatic carbocycles. The van der Waals surface area contributed by atoms with E-state index in [0.29, 0.717) is 12.0 Å². The van der Waals surface area contributed by atoms with E-state index >= 15 is 0 Å². The van der Waals surface area contributed by atoms with E-state index in [1.54, 1.807) is 24.5 Å². The van der Waals surface area contributed by atoms with Gasteiger partial charge in [0.2, 0.25) is 0 Å². The zero-order valence-electron chi connectivity index (χ0n) is 11.0. The minimum atomic E-state index is -0.344. The molecule has 1 unspecified atom stereocenters. The van der Waals surface area contributed by atoms with E-state index < -0.39 is 0 Å². The molecule has 2 aromatic rings. The number of rotatable bonds is 5. The van der Waals surface area contributed by atoms with Crippen molar-refractivity contribution in [3.8, 4) is 0 Å². The van der Waals surface area contributed by atoms with Gasteiger partial charge in [-0.1, -0.05) is 30.7 Å². The number of hydrogen-bond acceptors (Lipinski definition) is 2. The van der Waals surface area contributed by atoms with Crippen LogP contribution >= 0.6 is 11.6 Å². The Hall–Kier alpha value is -1.39. The predicted molar refractivity (Wildman–Crippen MR) is 74.7 cm³/mol. The van der Waals surface area contributed by atoms with Gasteiger partial charge < -0.3 is 9.88 Å². The smallest absolute Gasteiger partial charge is 0.145 e. The largest absolute Gasteiger partial charge is 0.340 e. The van der Waals surface area contributed by atoms with Crippen molar-refractivity contribution in [1.82, 2.24) is 14.9 Å². The normalized spacial score (nSPS) is 12.6. The van der Waals surface area contributed by atoms with E-state index in [1.165, 1.54) is 0 Å². The summed E-state index contributed by atoms with van der Waals surface area (Å²) in [6.45, 7) is 2.81. The van der Waals surface area contributed by atoms with Crippen molar-refractivity contribution in [3.63, 3.8) is 0 Å². The van der Waals surface area contributed by atoms with Gasteiger partial charge in [-0.15, -0.1) is 0 Å². The van der Waals surface area contributed by atoms with Gasteiger partial charge in [-0.2, -0.15) is 0 Å². The summed E-state index contributed by atoms with van der Waals surface area (Å²) < 4.78 is 15.8. The second kappa shape index (κ2) is 6.17. The van der Waals surface area contributed by atoms with Gasteiger partial charge in [0.05, 0.1) is 23.1 Å². The molecule has 0 aliphatic carbocycles. The van der Waals surface area contributed by atoms with Crippen LogP contribution in [0, 0.1) is 5.82 Å². The topological polar surface area (TPSA) is 29.9 Å². The Morgan fingerprint density at radius 3 is 2.89 bits per heavy atom. The highest BCUT2D eigenvalue weighted by atomic mass is 35.5. The number of aryl methyl sites for hydroxylation is 1. The zero-order valence-corrected chi connectivity index (χ0v) is 11.8. The Balaban J connectivity index is 2.23. The molecular formula is C14H17ClFN3. The third-order valence-electron chi connectivity index (χ3n) is 2.99. The van der Waals surface area contributed by atoms with E-state index in [4.69, 9.17) is 11.6 Å². The number of likely N-dealkylation sites (N-methyl/N-ethyl adjacent to an activating group) is 1. The Morgan fingerprint density at radius 1 is 1.47 bits per heavy atom. The molecule has 0 saturated carbocycles. The van der Waals surface area contributed by atoms with Crippen molar-refractivity contribution in [2.45, 2.75) is 19.4 Å². The summed E-state index contributed by atoms with van der Waals surface area (Å²) in [5, 5.41) is 3.48. The van der Waals surface area contributed by atoms with Gasteiger partial charge in [-0.25, -0.2) is 9.37 Å². The third-order valence-corrected chi connectivity index (χ3v) is 3.28. The highest BCUT2D eigenvalue weighted by Crippen LogP contribution is 2.23. The summed E-state index contributed by atoms with van der Waals surface area (Å²) in [7, 11) is 1.92. The highest BCUT2D eigenvalue weighted by Gasteiger charge is 2.16. The molecule has 0 bridgehead atoms. The van der Waals surface area contributed by atoms with Gasteiger partial charge in [0.15, 0.2) is 0 Å². The lowest BCUT2D eigenvalue weighted by atomic mass is 10.0. The van der Waals surface area contributed by atoms with E-state index in [-0.39, 0.29) is 16.9 Å². The summed E-state index contributed by atoms with van der Waals surface area (Å²) in [4.78, 5) is 4.33. The number of hydrogen-bond donors (Lipinski definition) is 1. The van der Waals surface area contributed by atoms with Crippen molar-refractivity contribution in [1.29, 1.82) is 0 Å². The van der Waals surface area contributed by atoms with Crippen LogP contribution in [0.1, 0.15) is 24.2 Å². The fourth-order valence-corrected chi connectivity index (χ4v) is 2.26. The quantitative estimate of drug-likeness (QED) is 0.913. The molecule has 0 saturated heterocycles. The van der Waals surface area contributed by atoms with Crippen molar-refractivity contribution >= 4 is 11.6 Å². The van der Waals surface area contributed by atoms with Crippen molar-refractivity contribution in [3.05, 3.63) is 52.8 Å². The second-order valence-electron chi connectivity index (χ2n) is 4.49. The maximum atomic E-state index is 13.9. The van der Waals surface area contributed by atoms with Crippen LogP contribution < -0.4 is 5.32 Å². The van der Waals surface area contributed by atoms with E-state index in [9.17, 15) is 4.39 Å². The summed E-state index contributed by atoms with van der Waals surface area (Å²) in [6.07, 6.45) is 4.21. The number of aromatic nitrogens is 2. The lowest BCUT2D eigenvalue weighted by molar-refractivity contribution is 0.519. The Labute approximate surface area is 117 Å². The van der Waals surface area contributed by atoms with Crippen molar-refractivity contribution in [2.24, 2.45) is 7.05 Å². The minimum absolute atomic E-state index is 0.0147. The molecule has 0 amide bonds. The molecule has 0 aliphatic heterocycles. The Bertz CT molecular complexity index is 553. The van der Waals surface area contributed by atoms with Crippen molar-refractivity contribution < 1.29 is 4.39 Å². The summed E-state index contributed by atoms with van der Waals surface area (Å²) in [5.41, 5.74) is 1.51. The molecule has 1 heterocycles. The van der Waals surface area contributed by atoms with Gasteiger partial charge in [-0.3, -0.25) is 0 Å². The SMILES string of the molecule is CCNC(Cc1cccc(Cl)c1F)c1cn(C)cn1. The van der Waals surface area contributed by atoms with Crippen LogP contribution in [0.2, 0.25) is 5.02 Å². The number of benzene rings is 1. The molecule has 2 rings (SSSR count). The number of halogens is 2. The molecule has 5 heteroatoms. The van der Waals surface area contributed by atoms with Crippen LogP contribution in [0.4, 0.5) is 4.39 Å². The first-order valence-corrected chi connectivity index (χ1v) is 6.63. The van der Waals surface area contributed by atoms with Gasteiger partial charge in [0.1, 0.15) is 5.82 Å². The first-order chi connectivity index (χ1) is 9.11. The Morgan fingerprint density at radius 2 is 2.26 bits per heavy atom. The third kappa shape index (κ3) is 3.33. The average molecular weight is 282 g/mol. The van der Waals surface area contributed by atoms with E-state index in [0.717, 1.165) is 12.2 Å². The second-order valence-corrected chi connectivity index (χ2v) is 4.90. The van der Waals surface area contributed by atoms with E-state index in [1.807, 2.05) is 24.7 Å². The molecule has 0 radical (unpaired) electrons. The minimum Gasteiger partial charge on any atom is -0.340 e. The first kappa shape index (κ1) is 14.0. The summed E-state index contributed by atoms with van der Waals surface area (Å²) in [6, 6.07) is 5.07. The van der Waals surface area contributed by atoms with Crippen LogP contribution in [0.25, 0.3) is 0 Å². The van der Waals surface area contributed by atoms with Gasteiger partial charge >= 0.3 is 0 Å². The number of nitrogens with zero attached hydrogens (tertiary/aromatic N) is 2. The van der Waals surface area contributed by atoms with Crippen LogP contribution in [0.15, 0.2) is 30.7 Å². The molecular weight excluding hydrogens is 265 g/mol. The first-order valence-electron chi connectivity index (χ1n) is 6.26. The zero-order chi connectivity index (χ0) is 13.8. The fraction of sp³-hybridized carbons (Fsp3) is 0.357. The predicted octanol–water partition coefficient (Wildman–Crippen LogP) is 3.11. The molecule has 0 aliphatic rings. The lowest BCUT2D eigenvalue weighted by Gasteiger charge is -2.16. The van der Waals surface area contributed by atoms with Crippen LogP contribution in [-0.4, -0.2) is 16.1 Å². The number of imidazole rings is 1.